The predicted molar refractivity (Wildman–Crippen MR) is 101 cm³/mol. The van der Waals surface area contributed by atoms with Crippen LogP contribution < -0.4 is 5.32 Å². The van der Waals surface area contributed by atoms with Gasteiger partial charge in [-0.05, 0) is 37.4 Å². The van der Waals surface area contributed by atoms with Crippen LogP contribution in [0.2, 0.25) is 10.0 Å². The molecule has 0 saturated carbocycles. The van der Waals surface area contributed by atoms with Crippen LogP contribution >= 0.6 is 23.2 Å². The number of halogens is 2. The van der Waals surface area contributed by atoms with Crippen molar-refractivity contribution in [1.29, 1.82) is 0 Å². The van der Waals surface area contributed by atoms with E-state index in [1.54, 1.807) is 60.5 Å². The van der Waals surface area contributed by atoms with Gasteiger partial charge in [0.1, 0.15) is 0 Å². The Balaban J connectivity index is 1.86. The van der Waals surface area contributed by atoms with Gasteiger partial charge in [0.2, 0.25) is 5.91 Å². The minimum atomic E-state index is -3.37. The summed E-state index contributed by atoms with van der Waals surface area (Å²) in [6.07, 6.45) is 0. The van der Waals surface area contributed by atoms with Gasteiger partial charge in [-0.3, -0.25) is 9.69 Å². The lowest BCUT2D eigenvalue weighted by Crippen LogP contribution is -2.33. The Bertz CT molecular complexity index is 842. The van der Waals surface area contributed by atoms with E-state index in [1.165, 1.54) is 0 Å². The highest BCUT2D eigenvalue weighted by Gasteiger charge is 2.16. The van der Waals surface area contributed by atoms with Gasteiger partial charge in [-0.1, -0.05) is 41.4 Å². The number of carbonyl (C=O) groups excluding carboxylic acids is 1. The first-order valence-corrected chi connectivity index (χ1v) is 9.90. The molecule has 0 fully saturated rings. The molecule has 1 N–H and O–H groups in total. The van der Waals surface area contributed by atoms with Crippen molar-refractivity contribution in [2.24, 2.45) is 0 Å². The van der Waals surface area contributed by atoms with Crippen molar-refractivity contribution >= 4 is 44.6 Å². The van der Waals surface area contributed by atoms with Crippen molar-refractivity contribution < 1.29 is 13.2 Å². The summed E-state index contributed by atoms with van der Waals surface area (Å²) in [6.45, 7) is 0.302. The topological polar surface area (TPSA) is 66.5 Å². The number of nitrogens with one attached hydrogen (secondary N) is 1. The molecule has 0 aliphatic heterocycles. The second-order valence-electron chi connectivity index (χ2n) is 5.55. The Morgan fingerprint density at radius 2 is 1.76 bits per heavy atom. The molecule has 2 aromatic carbocycles. The number of hydrogen-bond donors (Lipinski definition) is 1. The lowest BCUT2D eigenvalue weighted by molar-refractivity contribution is -0.117. The molecule has 0 atom stereocenters. The molecule has 2 aromatic rings. The Hall–Kier alpha value is -1.60. The highest BCUT2D eigenvalue weighted by Crippen LogP contribution is 2.24. The van der Waals surface area contributed by atoms with Crippen molar-refractivity contribution in [3.8, 4) is 0 Å². The number of amides is 1. The lowest BCUT2D eigenvalue weighted by Gasteiger charge is -2.16. The molecular weight excluding hydrogens is 383 g/mol. The third-order valence-corrected chi connectivity index (χ3v) is 5.91. The van der Waals surface area contributed by atoms with Gasteiger partial charge in [0.15, 0.2) is 9.84 Å². The standard InChI is InChI=1S/C17H18Cl2N2O3S/c1-21(9-10-25(23,24)14-5-3-2-4-6-14)12-17(22)20-13-7-8-15(18)16(19)11-13/h2-8,11H,9-10,12H2,1H3,(H,20,22). The molecule has 25 heavy (non-hydrogen) atoms. The van der Waals surface area contributed by atoms with Gasteiger partial charge in [0.25, 0.3) is 0 Å². The largest absolute Gasteiger partial charge is 0.325 e. The monoisotopic (exact) mass is 400 g/mol. The number of carbonyl (C=O) groups is 1. The van der Waals surface area contributed by atoms with Crippen LogP contribution in [0.15, 0.2) is 53.4 Å². The summed E-state index contributed by atoms with van der Waals surface area (Å²) < 4.78 is 24.5. The lowest BCUT2D eigenvalue weighted by atomic mass is 10.3. The van der Waals surface area contributed by atoms with E-state index < -0.39 is 9.84 Å². The van der Waals surface area contributed by atoms with Gasteiger partial charge < -0.3 is 5.32 Å². The zero-order chi connectivity index (χ0) is 18.4. The number of benzene rings is 2. The molecule has 0 saturated heterocycles. The van der Waals surface area contributed by atoms with Crippen molar-refractivity contribution in [3.63, 3.8) is 0 Å². The maximum atomic E-state index is 12.2. The molecule has 0 bridgehead atoms. The van der Waals surface area contributed by atoms with Crippen LogP contribution in [0, 0.1) is 0 Å². The molecule has 0 heterocycles. The summed E-state index contributed by atoms with van der Waals surface area (Å²) >= 11 is 11.7. The Morgan fingerprint density at radius 3 is 2.40 bits per heavy atom. The summed E-state index contributed by atoms with van der Waals surface area (Å²) in [5.41, 5.74) is 0.532. The van der Waals surface area contributed by atoms with Gasteiger partial charge in [-0.25, -0.2) is 8.42 Å². The van der Waals surface area contributed by atoms with Crippen molar-refractivity contribution in [2.45, 2.75) is 4.90 Å². The summed E-state index contributed by atoms with van der Waals surface area (Å²) in [7, 11) is -1.68. The minimum absolute atomic E-state index is 0.0601. The Kier molecular flexibility index (Phi) is 6.84. The Labute approximate surface area is 157 Å². The summed E-state index contributed by atoms with van der Waals surface area (Å²) in [5, 5.41) is 3.45. The molecule has 8 heteroatoms. The van der Waals surface area contributed by atoms with E-state index in [0.29, 0.717) is 15.7 Å². The van der Waals surface area contributed by atoms with E-state index in [0.717, 1.165) is 0 Å². The highest BCUT2D eigenvalue weighted by molar-refractivity contribution is 7.91. The molecule has 0 radical (unpaired) electrons. The van der Waals surface area contributed by atoms with Crippen molar-refractivity contribution in [1.82, 2.24) is 4.90 Å². The fourth-order valence-corrected chi connectivity index (χ4v) is 3.78. The molecule has 2 rings (SSSR count). The van der Waals surface area contributed by atoms with Crippen LogP contribution in [0.5, 0.6) is 0 Å². The molecule has 5 nitrogen and oxygen atoms in total. The highest BCUT2D eigenvalue weighted by atomic mass is 35.5. The number of nitrogens with zero attached hydrogens (tertiary/aromatic N) is 1. The summed E-state index contributed by atoms with van der Waals surface area (Å²) in [4.78, 5) is 14.0. The maximum absolute atomic E-state index is 12.2. The molecular formula is C17H18Cl2N2O3S. The quantitative estimate of drug-likeness (QED) is 0.773. The second kappa shape index (κ2) is 8.67. The molecule has 0 spiro atoms. The zero-order valence-corrected chi connectivity index (χ0v) is 15.9. The van der Waals surface area contributed by atoms with Gasteiger partial charge in [0, 0.05) is 12.2 Å². The number of anilines is 1. The van der Waals surface area contributed by atoms with E-state index in [4.69, 9.17) is 23.2 Å². The summed E-state index contributed by atoms with van der Waals surface area (Å²) in [6, 6.07) is 13.0. The predicted octanol–water partition coefficient (Wildman–Crippen LogP) is 3.34. The molecule has 0 unspecified atom stereocenters. The normalized spacial score (nSPS) is 11.5. The number of sulfone groups is 1. The first-order chi connectivity index (χ1) is 11.8. The fraction of sp³-hybridized carbons (Fsp3) is 0.235. The number of rotatable bonds is 7. The third-order valence-electron chi connectivity index (χ3n) is 3.46. The van der Waals surface area contributed by atoms with Crippen LogP contribution in [0.25, 0.3) is 0 Å². The van der Waals surface area contributed by atoms with Crippen LogP contribution in [0.4, 0.5) is 5.69 Å². The first kappa shape index (κ1) is 19.7. The van der Waals surface area contributed by atoms with Gasteiger partial charge >= 0.3 is 0 Å². The number of hydrogen-bond acceptors (Lipinski definition) is 4. The van der Waals surface area contributed by atoms with Crippen molar-refractivity contribution in [3.05, 3.63) is 58.6 Å². The zero-order valence-electron chi connectivity index (χ0n) is 13.6. The molecule has 0 aromatic heterocycles. The van der Waals surface area contributed by atoms with Gasteiger partial charge in [-0.15, -0.1) is 0 Å². The fourth-order valence-electron chi connectivity index (χ4n) is 2.12. The van der Waals surface area contributed by atoms with Gasteiger partial charge in [0.05, 0.1) is 27.2 Å². The van der Waals surface area contributed by atoms with E-state index >= 15 is 0 Å². The first-order valence-electron chi connectivity index (χ1n) is 7.49. The Morgan fingerprint density at radius 1 is 1.08 bits per heavy atom. The smallest absolute Gasteiger partial charge is 0.238 e. The van der Waals surface area contributed by atoms with E-state index in [-0.39, 0.29) is 29.6 Å². The molecule has 0 aliphatic carbocycles. The average molecular weight is 401 g/mol. The van der Waals surface area contributed by atoms with E-state index in [9.17, 15) is 13.2 Å². The molecule has 0 aliphatic rings. The van der Waals surface area contributed by atoms with Gasteiger partial charge in [-0.2, -0.15) is 0 Å². The van der Waals surface area contributed by atoms with Crippen LogP contribution in [-0.2, 0) is 14.6 Å². The molecule has 1 amide bonds. The van der Waals surface area contributed by atoms with Crippen molar-refractivity contribution in [2.75, 3.05) is 31.2 Å². The van der Waals surface area contributed by atoms with Crippen LogP contribution in [0.1, 0.15) is 0 Å². The maximum Gasteiger partial charge on any atom is 0.238 e. The van der Waals surface area contributed by atoms with Crippen LogP contribution in [0.3, 0.4) is 0 Å². The third kappa shape index (κ3) is 6.01. The number of likely N-dealkylation sites (N-methyl/N-ethyl adjacent to an activating group) is 1. The average Bonchev–Trinajstić information content (AvgIpc) is 2.57. The summed E-state index contributed by atoms with van der Waals surface area (Å²) in [5.74, 6) is -0.328. The SMILES string of the molecule is CN(CCS(=O)(=O)c1ccccc1)CC(=O)Nc1ccc(Cl)c(Cl)c1. The van der Waals surface area contributed by atoms with E-state index in [1.807, 2.05) is 0 Å². The minimum Gasteiger partial charge on any atom is -0.325 e. The van der Waals surface area contributed by atoms with E-state index in [2.05, 4.69) is 5.32 Å². The van der Waals surface area contributed by atoms with Crippen LogP contribution in [-0.4, -0.2) is 45.1 Å². The second-order valence-corrected chi connectivity index (χ2v) is 8.47. The molecule has 134 valence electrons.